The Balaban J connectivity index is -0.00000000750. The summed E-state index contributed by atoms with van der Waals surface area (Å²) in [5.74, 6) is -1.08. The molecule has 0 aliphatic carbocycles. The van der Waals surface area contributed by atoms with Gasteiger partial charge < -0.3 is 9.90 Å². The van der Waals surface area contributed by atoms with Crippen LogP contribution in [0.15, 0.2) is 0 Å². The summed E-state index contributed by atoms with van der Waals surface area (Å²) in [4.78, 5) is 8.89. The van der Waals surface area contributed by atoms with Crippen molar-refractivity contribution in [3.05, 3.63) is 0 Å². The van der Waals surface area contributed by atoms with Gasteiger partial charge in [-0.25, -0.2) is 0 Å². The van der Waals surface area contributed by atoms with E-state index in [9.17, 15) is 0 Å². The summed E-state index contributed by atoms with van der Waals surface area (Å²) < 4.78 is 0. The van der Waals surface area contributed by atoms with Gasteiger partial charge in [-0.3, -0.25) is 0 Å². The van der Waals surface area contributed by atoms with Crippen LogP contribution >= 0.6 is 0 Å². The van der Waals surface area contributed by atoms with Gasteiger partial charge in [-0.2, -0.15) is 0 Å². The van der Waals surface area contributed by atoms with Crippen LogP contribution in [-0.4, -0.2) is 33.3 Å². The average Bonchev–Trinajstić information content (AvgIpc) is 0.811. The number of carboxylic acid groups (broad SMARTS) is 1. The number of hydrogen-bond acceptors (Lipinski definition) is 2. The van der Waals surface area contributed by atoms with Crippen LogP contribution in [0.4, 0.5) is 0 Å². The monoisotopic (exact) mass is 315 g/mol. The number of carbonyl (C=O) groups excluding carboxylic acids is 1. The third-order valence-electron chi connectivity index (χ3n) is 0. The molecule has 0 aromatic carbocycles. The van der Waals surface area contributed by atoms with Gasteiger partial charge in [-0.1, -0.05) is 22.3 Å². The maximum Gasteiger partial charge on any atom is 0.0383 e. The third kappa shape index (κ3) is 1210. The summed E-state index contributed by atoms with van der Waals surface area (Å²) in [7, 11) is 0. The van der Waals surface area contributed by atoms with E-state index in [-0.39, 0.29) is 49.6 Å². The molecule has 0 saturated carbocycles. The zero-order valence-electron chi connectivity index (χ0n) is 2.82. The Labute approximate surface area is 72.5 Å². The van der Waals surface area contributed by atoms with E-state index in [4.69, 9.17) is 9.90 Å². The fourth-order valence-electron chi connectivity index (χ4n) is 0. The van der Waals surface area contributed by atoms with E-state index in [2.05, 4.69) is 0 Å². The number of carboxylic acids is 1. The maximum atomic E-state index is 8.89. The molecule has 4 radical (unpaired) electrons. The van der Waals surface area contributed by atoms with Crippen molar-refractivity contribution in [3.8, 4) is 0 Å². The van der Waals surface area contributed by atoms with Crippen LogP contribution in [-0.2, 0) is 4.79 Å². The van der Waals surface area contributed by atoms with Crippen molar-refractivity contribution in [1.82, 2.24) is 0 Å². The number of hydrogen-bond donors (Lipinski definition) is 0. The fraction of sp³-hybridized carbons (Fsp3) is 0.800. The van der Waals surface area contributed by atoms with E-state index >= 15 is 0 Å². The summed E-state index contributed by atoms with van der Waals surface area (Å²) in [5, 5.41) is 8.89. The van der Waals surface area contributed by atoms with E-state index in [1.54, 1.807) is 0 Å². The summed E-state index contributed by atoms with van der Waals surface area (Å²) in [5.41, 5.74) is 0. The molecule has 0 bridgehead atoms. The minimum Gasteiger partial charge on any atom is -0.550 e. The minimum absolute atomic E-state index is 0. The van der Waals surface area contributed by atoms with Crippen molar-refractivity contribution in [2.75, 3.05) is 0 Å². The molecular weight excluding hydrogens is 299 g/mol. The van der Waals surface area contributed by atoms with Gasteiger partial charge in [0.15, 0.2) is 0 Å². The zero-order valence-corrected chi connectivity index (χ0v) is 6.70. The Morgan fingerprint density at radius 1 is 1.25 bits per heavy atom. The third-order valence-corrected chi connectivity index (χ3v) is 0. The summed E-state index contributed by atoms with van der Waals surface area (Å²) in [6.07, 6.45) is 0. The Morgan fingerprint density at radius 2 is 1.25 bits per heavy atom. The topological polar surface area (TPSA) is 40.1 Å². The predicted octanol–water partition coefficient (Wildman–Crippen LogP) is 0.284. The van der Waals surface area contributed by atoms with Gasteiger partial charge in [0.2, 0.25) is 0 Å². The largest absolute Gasteiger partial charge is 0.550 e. The van der Waals surface area contributed by atoms with Crippen molar-refractivity contribution >= 4 is 33.3 Å². The molecular formula is C5H15O2Pb-. The quantitative estimate of drug-likeness (QED) is 0.603. The minimum atomic E-state index is -1.08. The van der Waals surface area contributed by atoms with Gasteiger partial charge in [-0.05, 0) is 6.92 Å². The van der Waals surface area contributed by atoms with E-state index in [0.29, 0.717) is 0 Å². The molecule has 0 unspecified atom stereocenters. The summed E-state index contributed by atoms with van der Waals surface area (Å²) in [6, 6.07) is 0. The Hall–Kier alpha value is 0.392. The Bertz CT molecular complexity index is 33.4. The maximum absolute atomic E-state index is 8.89. The second kappa shape index (κ2) is 26.2. The van der Waals surface area contributed by atoms with Crippen LogP contribution in [0.2, 0.25) is 0 Å². The molecule has 0 atom stereocenters. The molecule has 2 nitrogen and oxygen atoms in total. The molecule has 0 N–H and O–H groups in total. The first-order valence-corrected chi connectivity index (χ1v) is 0.908. The van der Waals surface area contributed by atoms with Gasteiger partial charge in [0.1, 0.15) is 0 Å². The molecule has 0 amide bonds. The van der Waals surface area contributed by atoms with Crippen LogP contribution in [0, 0.1) is 0 Å². The smallest absolute Gasteiger partial charge is 0.0383 e. The van der Waals surface area contributed by atoms with E-state index in [0.717, 1.165) is 6.92 Å². The van der Waals surface area contributed by atoms with Gasteiger partial charge in [0.25, 0.3) is 0 Å². The van der Waals surface area contributed by atoms with Gasteiger partial charge in [0, 0.05) is 33.3 Å². The van der Waals surface area contributed by atoms with Crippen molar-refractivity contribution in [2.24, 2.45) is 0 Å². The molecule has 0 fully saturated rings. The molecule has 0 aliphatic rings. The predicted molar refractivity (Wildman–Crippen MR) is 36.6 cm³/mol. The molecule has 0 saturated heterocycles. The van der Waals surface area contributed by atoms with Gasteiger partial charge >= 0.3 is 0 Å². The average molecular weight is 314 g/mol. The van der Waals surface area contributed by atoms with Crippen LogP contribution in [0.1, 0.15) is 29.2 Å². The second-order valence-electron chi connectivity index (χ2n) is 0.492. The van der Waals surface area contributed by atoms with Crippen LogP contribution in [0.3, 0.4) is 0 Å². The van der Waals surface area contributed by atoms with E-state index in [1.807, 2.05) is 0 Å². The normalized spacial score (nSPS) is 3.12. The zero-order chi connectivity index (χ0) is 3.58. The SMILES string of the molecule is C.C.C.CC(=O)[O-].[Pb]. The second-order valence-corrected chi connectivity index (χ2v) is 0.492. The first kappa shape index (κ1) is 39.9. The molecule has 0 rings (SSSR count). The van der Waals surface area contributed by atoms with Crippen molar-refractivity contribution < 1.29 is 9.90 Å². The Morgan fingerprint density at radius 3 is 1.25 bits per heavy atom. The number of rotatable bonds is 0. The van der Waals surface area contributed by atoms with Crippen LogP contribution in [0.5, 0.6) is 0 Å². The first-order valence-electron chi connectivity index (χ1n) is 0.908. The van der Waals surface area contributed by atoms with Crippen molar-refractivity contribution in [1.29, 1.82) is 0 Å². The summed E-state index contributed by atoms with van der Waals surface area (Å²) in [6.45, 7) is 0.972. The van der Waals surface area contributed by atoms with E-state index in [1.165, 1.54) is 0 Å². The fourth-order valence-corrected chi connectivity index (χ4v) is 0. The van der Waals surface area contributed by atoms with E-state index < -0.39 is 5.97 Å². The van der Waals surface area contributed by atoms with Crippen LogP contribution < -0.4 is 5.11 Å². The Kier molecular flexibility index (Phi) is 131. The molecule has 0 aromatic rings. The first-order chi connectivity index (χ1) is 1.73. The molecule has 8 heavy (non-hydrogen) atoms. The standard InChI is InChI=1S/C2H4O2.3CH4.Pb/c1-2(3)4;;;;/h1H3,(H,3,4);3*1H4;/p-1. The molecule has 0 heterocycles. The molecule has 0 aromatic heterocycles. The molecule has 3 heteroatoms. The van der Waals surface area contributed by atoms with Crippen molar-refractivity contribution in [3.63, 3.8) is 0 Å². The van der Waals surface area contributed by atoms with Gasteiger partial charge in [-0.15, -0.1) is 0 Å². The number of aliphatic carboxylic acids is 1. The number of carbonyl (C=O) groups is 1. The summed E-state index contributed by atoms with van der Waals surface area (Å²) >= 11 is 0. The molecule has 0 aliphatic heterocycles. The van der Waals surface area contributed by atoms with Crippen molar-refractivity contribution in [2.45, 2.75) is 29.2 Å². The molecule has 52 valence electrons. The van der Waals surface area contributed by atoms with Gasteiger partial charge in [0.05, 0.1) is 0 Å². The van der Waals surface area contributed by atoms with Crippen LogP contribution in [0.25, 0.3) is 0 Å². The molecule has 0 spiro atoms.